The number of amides is 1. The normalized spacial score (nSPS) is 12.1. The Balaban J connectivity index is 2.27. The summed E-state index contributed by atoms with van der Waals surface area (Å²) in [5.41, 5.74) is -0.145. The van der Waals surface area contributed by atoms with Crippen molar-refractivity contribution in [2.24, 2.45) is 0 Å². The van der Waals surface area contributed by atoms with Gasteiger partial charge < -0.3 is 4.90 Å². The summed E-state index contributed by atoms with van der Waals surface area (Å²) in [5, 5.41) is 10.9. The Hall–Kier alpha value is -2.49. The second-order valence-corrected chi connectivity index (χ2v) is 10.2. The first-order chi connectivity index (χ1) is 13.8. The lowest BCUT2D eigenvalue weighted by Crippen LogP contribution is -2.49. The van der Waals surface area contributed by atoms with Crippen molar-refractivity contribution in [3.63, 3.8) is 0 Å². The second-order valence-electron chi connectivity index (χ2n) is 7.77. The molecule has 1 amide bonds. The molecule has 162 valence electrons. The van der Waals surface area contributed by atoms with Crippen LogP contribution in [0.3, 0.4) is 0 Å². The fraction of sp³-hybridized carbons (Fsp3) is 0.350. The number of carbonyl (C=O) groups is 1. The predicted octanol–water partition coefficient (Wildman–Crippen LogP) is 3.70. The third-order valence-corrected chi connectivity index (χ3v) is 6.59. The summed E-state index contributed by atoms with van der Waals surface area (Å²) in [6.45, 7) is 5.51. The Bertz CT molecular complexity index is 1040. The Labute approximate surface area is 181 Å². The summed E-state index contributed by atoms with van der Waals surface area (Å²) in [7, 11) is -2.88. The minimum absolute atomic E-state index is 0.167. The number of likely N-dealkylation sites (N-methyl/N-ethyl adjacent to an activating group) is 1. The summed E-state index contributed by atoms with van der Waals surface area (Å²) in [4.78, 5) is 24.6. The van der Waals surface area contributed by atoms with E-state index >= 15 is 0 Å². The highest BCUT2D eigenvalue weighted by atomic mass is 35.5. The van der Waals surface area contributed by atoms with Crippen LogP contribution >= 0.6 is 11.6 Å². The van der Waals surface area contributed by atoms with Gasteiger partial charge in [-0.15, -0.1) is 0 Å². The summed E-state index contributed by atoms with van der Waals surface area (Å²) in [6.07, 6.45) is 0. The topological polar surface area (TPSA) is 101 Å². The number of nitro groups is 1. The van der Waals surface area contributed by atoms with E-state index in [1.54, 1.807) is 4.90 Å². The van der Waals surface area contributed by atoms with Gasteiger partial charge >= 0.3 is 0 Å². The number of carbonyl (C=O) groups excluding carboxylic acids is 1. The number of sulfonamides is 1. The highest BCUT2D eigenvalue weighted by molar-refractivity contribution is 7.89. The highest BCUT2D eigenvalue weighted by Gasteiger charge is 2.31. The zero-order valence-electron chi connectivity index (χ0n) is 17.2. The minimum Gasteiger partial charge on any atom is -0.332 e. The van der Waals surface area contributed by atoms with Gasteiger partial charge in [-0.1, -0.05) is 41.9 Å². The van der Waals surface area contributed by atoms with E-state index in [-0.39, 0.29) is 15.8 Å². The second kappa shape index (κ2) is 9.11. The van der Waals surface area contributed by atoms with Gasteiger partial charge in [-0.05, 0) is 38.5 Å². The van der Waals surface area contributed by atoms with E-state index in [0.717, 1.165) is 22.0 Å². The number of hydrogen-bond acceptors (Lipinski definition) is 5. The van der Waals surface area contributed by atoms with E-state index in [1.807, 2.05) is 51.1 Å². The van der Waals surface area contributed by atoms with Crippen molar-refractivity contribution in [1.29, 1.82) is 0 Å². The van der Waals surface area contributed by atoms with Crippen molar-refractivity contribution in [2.75, 3.05) is 13.6 Å². The largest absolute Gasteiger partial charge is 0.332 e. The van der Waals surface area contributed by atoms with Crippen LogP contribution in [-0.2, 0) is 21.4 Å². The van der Waals surface area contributed by atoms with Gasteiger partial charge in [-0.3, -0.25) is 14.9 Å². The third kappa shape index (κ3) is 5.56. The highest BCUT2D eigenvalue weighted by Crippen LogP contribution is 2.28. The van der Waals surface area contributed by atoms with Crippen molar-refractivity contribution in [3.8, 4) is 0 Å². The Morgan fingerprint density at radius 1 is 1.13 bits per heavy atom. The van der Waals surface area contributed by atoms with E-state index in [2.05, 4.69) is 0 Å². The summed E-state index contributed by atoms with van der Waals surface area (Å²) in [5.74, 6) is -0.388. The van der Waals surface area contributed by atoms with Gasteiger partial charge in [0.1, 0.15) is 5.02 Å². The molecule has 0 atom stereocenters. The maximum atomic E-state index is 13.0. The first kappa shape index (κ1) is 23.8. The molecule has 0 heterocycles. The summed E-state index contributed by atoms with van der Waals surface area (Å²) >= 11 is 5.76. The van der Waals surface area contributed by atoms with Crippen molar-refractivity contribution in [2.45, 2.75) is 37.8 Å². The number of nitrogens with zero attached hydrogens (tertiary/aromatic N) is 3. The first-order valence-corrected chi connectivity index (χ1v) is 10.9. The lowest BCUT2D eigenvalue weighted by Gasteiger charge is -2.36. The zero-order valence-corrected chi connectivity index (χ0v) is 18.8. The number of benzene rings is 2. The molecule has 0 aliphatic rings. The molecule has 0 aliphatic carbocycles. The number of nitro benzene ring substituents is 1. The van der Waals surface area contributed by atoms with Crippen LogP contribution in [0.1, 0.15) is 26.3 Å². The maximum Gasteiger partial charge on any atom is 0.289 e. The molecule has 0 aromatic heterocycles. The fourth-order valence-corrected chi connectivity index (χ4v) is 4.13. The molecule has 2 rings (SSSR count). The molecule has 2 aromatic carbocycles. The Kier molecular flexibility index (Phi) is 7.23. The average molecular weight is 454 g/mol. The van der Waals surface area contributed by atoms with Gasteiger partial charge in [0.15, 0.2) is 0 Å². The third-order valence-electron chi connectivity index (χ3n) is 4.47. The molecular weight excluding hydrogens is 430 g/mol. The van der Waals surface area contributed by atoms with Gasteiger partial charge in [0.25, 0.3) is 5.69 Å². The molecular formula is C20H24ClN3O5S. The summed E-state index contributed by atoms with van der Waals surface area (Å²) in [6, 6.07) is 12.6. The van der Waals surface area contributed by atoms with Gasteiger partial charge in [0.05, 0.1) is 16.4 Å². The van der Waals surface area contributed by atoms with Gasteiger partial charge in [-0.2, -0.15) is 4.31 Å². The molecule has 0 saturated carbocycles. The van der Waals surface area contributed by atoms with Crippen LogP contribution in [0.5, 0.6) is 0 Å². The molecule has 8 nitrogen and oxygen atoms in total. The first-order valence-electron chi connectivity index (χ1n) is 9.08. The van der Waals surface area contributed by atoms with Crippen molar-refractivity contribution >= 4 is 33.2 Å². The fourth-order valence-electron chi connectivity index (χ4n) is 2.80. The van der Waals surface area contributed by atoms with Crippen LogP contribution < -0.4 is 0 Å². The number of rotatable bonds is 7. The Morgan fingerprint density at radius 2 is 1.73 bits per heavy atom. The predicted molar refractivity (Wildman–Crippen MR) is 115 cm³/mol. The molecule has 0 saturated heterocycles. The molecule has 2 aromatic rings. The van der Waals surface area contributed by atoms with E-state index < -0.39 is 32.7 Å². The number of hydrogen-bond donors (Lipinski definition) is 0. The molecule has 0 radical (unpaired) electrons. The molecule has 0 fully saturated rings. The molecule has 0 bridgehead atoms. The molecule has 0 N–H and O–H groups in total. The zero-order chi connectivity index (χ0) is 22.7. The monoisotopic (exact) mass is 453 g/mol. The lowest BCUT2D eigenvalue weighted by atomic mass is 10.0. The van der Waals surface area contributed by atoms with Crippen molar-refractivity contribution in [3.05, 3.63) is 69.2 Å². The van der Waals surface area contributed by atoms with E-state index in [0.29, 0.717) is 6.54 Å². The van der Waals surface area contributed by atoms with Crippen molar-refractivity contribution < 1.29 is 18.1 Å². The van der Waals surface area contributed by atoms with E-state index in [1.165, 1.54) is 13.1 Å². The van der Waals surface area contributed by atoms with Crippen LogP contribution in [0.25, 0.3) is 0 Å². The number of halogens is 1. The Morgan fingerprint density at radius 3 is 2.27 bits per heavy atom. The van der Waals surface area contributed by atoms with Crippen LogP contribution in [0, 0.1) is 10.1 Å². The van der Waals surface area contributed by atoms with Crippen LogP contribution in [0.15, 0.2) is 53.4 Å². The van der Waals surface area contributed by atoms with Gasteiger partial charge in [0, 0.05) is 25.2 Å². The summed E-state index contributed by atoms with van der Waals surface area (Å²) < 4.78 is 26.6. The average Bonchev–Trinajstić information content (AvgIpc) is 2.65. The van der Waals surface area contributed by atoms with E-state index in [4.69, 9.17) is 11.6 Å². The SMILES string of the molecule is CN(CC(=O)N(Cc1ccccc1)C(C)(C)C)S(=O)(=O)c1ccc(Cl)c([N+](=O)[O-])c1. The van der Waals surface area contributed by atoms with Gasteiger partial charge in [0.2, 0.25) is 15.9 Å². The smallest absolute Gasteiger partial charge is 0.289 e. The minimum atomic E-state index is -4.14. The lowest BCUT2D eigenvalue weighted by molar-refractivity contribution is -0.384. The maximum absolute atomic E-state index is 13.0. The van der Waals surface area contributed by atoms with Crippen LogP contribution in [0.2, 0.25) is 5.02 Å². The van der Waals surface area contributed by atoms with Crippen LogP contribution in [-0.4, -0.2) is 47.6 Å². The van der Waals surface area contributed by atoms with E-state index in [9.17, 15) is 23.3 Å². The molecule has 10 heteroatoms. The molecule has 30 heavy (non-hydrogen) atoms. The van der Waals surface area contributed by atoms with Gasteiger partial charge in [-0.25, -0.2) is 8.42 Å². The quantitative estimate of drug-likeness (QED) is 0.470. The van der Waals surface area contributed by atoms with Crippen LogP contribution in [0.4, 0.5) is 5.69 Å². The molecule has 0 aliphatic heterocycles. The molecule has 0 unspecified atom stereocenters. The standard InChI is InChI=1S/C20H24ClN3O5S/c1-20(2,3)23(13-15-8-6-5-7-9-15)19(25)14-22(4)30(28,29)16-10-11-17(21)18(12-16)24(26)27/h5-12H,13-14H2,1-4H3. The van der Waals surface area contributed by atoms with Crippen molar-refractivity contribution in [1.82, 2.24) is 9.21 Å². The molecule has 0 spiro atoms.